The zero-order valence-electron chi connectivity index (χ0n) is 14.6. The molecule has 2 N–H and O–H groups in total. The lowest BCUT2D eigenvalue weighted by molar-refractivity contribution is 0.472. The van der Waals surface area contributed by atoms with Crippen LogP contribution in [0, 0.1) is 13.8 Å². The molecule has 0 saturated carbocycles. The van der Waals surface area contributed by atoms with Crippen LogP contribution in [0.4, 0.5) is 0 Å². The van der Waals surface area contributed by atoms with E-state index in [1.807, 2.05) is 26.0 Å². The SMILES string of the molecule is CCCCNC(=NCc1nc(C)c(C)o1)NCCc1ccco1.I. The normalized spacial score (nSPS) is 11.2. The quantitative estimate of drug-likeness (QED) is 0.281. The van der Waals surface area contributed by atoms with Crippen molar-refractivity contribution in [3.8, 4) is 0 Å². The van der Waals surface area contributed by atoms with Crippen LogP contribution in [0.5, 0.6) is 0 Å². The Bertz CT molecular complexity index is 589. The van der Waals surface area contributed by atoms with Crippen molar-refractivity contribution in [3.63, 3.8) is 0 Å². The fraction of sp³-hybridized carbons (Fsp3) is 0.529. The number of nitrogens with zero attached hydrogens (tertiary/aromatic N) is 2. The summed E-state index contributed by atoms with van der Waals surface area (Å²) in [6.45, 7) is 8.10. The highest BCUT2D eigenvalue weighted by Crippen LogP contribution is 2.08. The summed E-state index contributed by atoms with van der Waals surface area (Å²) in [5.41, 5.74) is 0.918. The van der Waals surface area contributed by atoms with Crippen molar-refractivity contribution in [2.24, 2.45) is 4.99 Å². The largest absolute Gasteiger partial charge is 0.469 e. The summed E-state index contributed by atoms with van der Waals surface area (Å²) >= 11 is 0. The molecule has 2 rings (SSSR count). The maximum atomic E-state index is 5.56. The number of aryl methyl sites for hydroxylation is 2. The van der Waals surface area contributed by atoms with Crippen LogP contribution in [0.15, 0.2) is 32.2 Å². The molecule has 0 atom stereocenters. The van der Waals surface area contributed by atoms with E-state index < -0.39 is 0 Å². The number of guanidine groups is 1. The van der Waals surface area contributed by atoms with E-state index in [-0.39, 0.29) is 24.0 Å². The Hall–Kier alpha value is -1.51. The molecule has 0 unspecified atom stereocenters. The zero-order chi connectivity index (χ0) is 16.5. The molecule has 0 spiro atoms. The minimum atomic E-state index is 0. The van der Waals surface area contributed by atoms with Gasteiger partial charge < -0.3 is 19.5 Å². The van der Waals surface area contributed by atoms with Gasteiger partial charge in [0.25, 0.3) is 0 Å². The standard InChI is InChI=1S/C17H26N4O2.HI/c1-4-5-9-18-17(19-10-8-15-7-6-11-22-15)20-12-16-21-13(2)14(3)23-16;/h6-7,11H,4-5,8-10,12H2,1-3H3,(H2,18,19,20);1H. The predicted octanol–water partition coefficient (Wildman–Crippen LogP) is 3.58. The minimum Gasteiger partial charge on any atom is -0.469 e. The van der Waals surface area contributed by atoms with E-state index in [0.717, 1.165) is 55.5 Å². The second-order valence-corrected chi connectivity index (χ2v) is 5.45. The Morgan fingerprint density at radius 3 is 2.67 bits per heavy atom. The summed E-state index contributed by atoms with van der Waals surface area (Å²) in [5, 5.41) is 6.65. The molecule has 134 valence electrons. The first kappa shape index (κ1) is 20.5. The fourth-order valence-corrected chi connectivity index (χ4v) is 2.07. The Labute approximate surface area is 160 Å². The van der Waals surface area contributed by atoms with E-state index in [1.54, 1.807) is 6.26 Å². The maximum absolute atomic E-state index is 5.56. The molecule has 24 heavy (non-hydrogen) atoms. The number of oxazole rings is 1. The minimum absolute atomic E-state index is 0. The van der Waals surface area contributed by atoms with Gasteiger partial charge in [-0.25, -0.2) is 9.98 Å². The van der Waals surface area contributed by atoms with Crippen molar-refractivity contribution in [3.05, 3.63) is 41.5 Å². The van der Waals surface area contributed by atoms with Crippen molar-refractivity contribution in [2.45, 2.75) is 46.6 Å². The number of hydrogen-bond donors (Lipinski definition) is 2. The van der Waals surface area contributed by atoms with Crippen LogP contribution < -0.4 is 10.6 Å². The number of hydrogen-bond acceptors (Lipinski definition) is 4. The Kier molecular flexibility index (Phi) is 9.51. The molecule has 0 bridgehead atoms. The van der Waals surface area contributed by atoms with E-state index >= 15 is 0 Å². The maximum Gasteiger partial charge on any atom is 0.216 e. The number of furan rings is 1. The van der Waals surface area contributed by atoms with Crippen molar-refractivity contribution < 1.29 is 8.83 Å². The van der Waals surface area contributed by atoms with Gasteiger partial charge >= 0.3 is 0 Å². The number of unbranched alkanes of at least 4 members (excludes halogenated alkanes) is 1. The van der Waals surface area contributed by atoms with Gasteiger partial charge in [-0.05, 0) is 32.4 Å². The molecule has 2 heterocycles. The first-order chi connectivity index (χ1) is 11.2. The Morgan fingerprint density at radius 1 is 1.25 bits per heavy atom. The van der Waals surface area contributed by atoms with Gasteiger partial charge in [-0.2, -0.15) is 0 Å². The van der Waals surface area contributed by atoms with Crippen LogP contribution in [0.3, 0.4) is 0 Å². The third kappa shape index (κ3) is 6.94. The van der Waals surface area contributed by atoms with Gasteiger partial charge in [0.2, 0.25) is 5.89 Å². The van der Waals surface area contributed by atoms with E-state index in [9.17, 15) is 0 Å². The van der Waals surface area contributed by atoms with Crippen LogP contribution in [0.25, 0.3) is 0 Å². The average molecular weight is 446 g/mol. The monoisotopic (exact) mass is 446 g/mol. The van der Waals surface area contributed by atoms with Gasteiger partial charge in [0.05, 0.1) is 12.0 Å². The van der Waals surface area contributed by atoms with Crippen molar-refractivity contribution in [1.29, 1.82) is 0 Å². The second kappa shape index (κ2) is 11.1. The highest BCUT2D eigenvalue weighted by atomic mass is 127. The van der Waals surface area contributed by atoms with Gasteiger partial charge in [0.15, 0.2) is 5.96 Å². The second-order valence-electron chi connectivity index (χ2n) is 5.45. The van der Waals surface area contributed by atoms with Crippen LogP contribution in [0.1, 0.15) is 42.9 Å². The highest BCUT2D eigenvalue weighted by Gasteiger charge is 2.06. The number of halogens is 1. The van der Waals surface area contributed by atoms with E-state index in [1.165, 1.54) is 0 Å². The molecule has 0 radical (unpaired) electrons. The molecule has 0 amide bonds. The molecule has 2 aromatic rings. The first-order valence-electron chi connectivity index (χ1n) is 8.16. The van der Waals surface area contributed by atoms with E-state index in [0.29, 0.717) is 12.4 Å². The van der Waals surface area contributed by atoms with Crippen molar-refractivity contribution in [2.75, 3.05) is 13.1 Å². The average Bonchev–Trinajstić information content (AvgIpc) is 3.15. The lowest BCUT2D eigenvalue weighted by atomic mass is 10.3. The highest BCUT2D eigenvalue weighted by molar-refractivity contribution is 14.0. The Morgan fingerprint density at radius 2 is 2.04 bits per heavy atom. The topological polar surface area (TPSA) is 75.6 Å². The van der Waals surface area contributed by atoms with Gasteiger partial charge in [0, 0.05) is 19.5 Å². The smallest absolute Gasteiger partial charge is 0.216 e. The molecule has 7 heteroatoms. The molecule has 0 aliphatic carbocycles. The number of nitrogens with one attached hydrogen (secondary N) is 2. The summed E-state index contributed by atoms with van der Waals surface area (Å²) in [7, 11) is 0. The van der Waals surface area contributed by atoms with Crippen LogP contribution in [-0.2, 0) is 13.0 Å². The van der Waals surface area contributed by atoms with Gasteiger partial charge in [-0.3, -0.25) is 0 Å². The molecule has 0 aliphatic heterocycles. The van der Waals surface area contributed by atoms with Crippen LogP contribution >= 0.6 is 24.0 Å². The first-order valence-corrected chi connectivity index (χ1v) is 8.16. The molecule has 0 fully saturated rings. The molecule has 0 saturated heterocycles. The Balaban J connectivity index is 0.00000288. The molecule has 0 aromatic carbocycles. The third-order valence-electron chi connectivity index (χ3n) is 3.51. The lowest BCUT2D eigenvalue weighted by Gasteiger charge is -2.11. The third-order valence-corrected chi connectivity index (χ3v) is 3.51. The number of rotatable bonds is 8. The summed E-state index contributed by atoms with van der Waals surface area (Å²) in [6.07, 6.45) is 4.76. The molecule has 2 aromatic heterocycles. The molecule has 0 aliphatic rings. The molecule has 6 nitrogen and oxygen atoms in total. The van der Waals surface area contributed by atoms with E-state index in [4.69, 9.17) is 8.83 Å². The van der Waals surface area contributed by atoms with Crippen LogP contribution in [0.2, 0.25) is 0 Å². The lowest BCUT2D eigenvalue weighted by Crippen LogP contribution is -2.38. The summed E-state index contributed by atoms with van der Waals surface area (Å²) < 4.78 is 10.9. The van der Waals surface area contributed by atoms with E-state index in [2.05, 4.69) is 27.5 Å². The zero-order valence-corrected chi connectivity index (χ0v) is 16.9. The van der Waals surface area contributed by atoms with Crippen molar-refractivity contribution in [1.82, 2.24) is 15.6 Å². The summed E-state index contributed by atoms with van der Waals surface area (Å²) in [6, 6.07) is 3.87. The van der Waals surface area contributed by atoms with Crippen molar-refractivity contribution >= 4 is 29.9 Å². The fourth-order valence-electron chi connectivity index (χ4n) is 2.07. The van der Waals surface area contributed by atoms with Gasteiger partial charge in [0.1, 0.15) is 18.1 Å². The summed E-state index contributed by atoms with van der Waals surface area (Å²) in [5.74, 6) is 3.23. The predicted molar refractivity (Wildman–Crippen MR) is 106 cm³/mol. The number of aromatic nitrogens is 1. The number of aliphatic imine (C=N–C) groups is 1. The van der Waals surface area contributed by atoms with Gasteiger partial charge in [-0.15, -0.1) is 24.0 Å². The molecular weight excluding hydrogens is 419 g/mol. The van der Waals surface area contributed by atoms with Gasteiger partial charge in [-0.1, -0.05) is 13.3 Å². The summed E-state index contributed by atoms with van der Waals surface area (Å²) in [4.78, 5) is 8.90. The van der Waals surface area contributed by atoms with Crippen LogP contribution in [-0.4, -0.2) is 24.0 Å². The molecular formula is C17H27IN4O2.